The molecule has 0 saturated carbocycles. The average Bonchev–Trinajstić information content (AvgIpc) is 2.69. The molecule has 0 heterocycles. The second-order valence-electron chi connectivity index (χ2n) is 6.60. The smallest absolute Gasteiger partial charge is 0.248 e. The molecule has 1 amide bonds. The lowest BCUT2D eigenvalue weighted by Crippen LogP contribution is -2.22. The van der Waals surface area contributed by atoms with Crippen LogP contribution in [0.5, 0.6) is 5.75 Å². The highest BCUT2D eigenvalue weighted by Gasteiger charge is 2.10. The maximum atomic E-state index is 11.3. The van der Waals surface area contributed by atoms with Gasteiger partial charge in [-0.25, -0.2) is 0 Å². The number of ether oxygens (including phenoxy) is 1. The van der Waals surface area contributed by atoms with E-state index in [0.717, 1.165) is 30.1 Å². The minimum absolute atomic E-state index is 0.409. The third kappa shape index (κ3) is 4.88. The molecule has 3 aromatic carbocycles. The number of hydrogen-bond donors (Lipinski definition) is 1. The monoisotopic (exact) mass is 360 g/mol. The molecule has 0 fully saturated rings. The van der Waals surface area contributed by atoms with Gasteiger partial charge in [-0.05, 0) is 54.4 Å². The van der Waals surface area contributed by atoms with Crippen LogP contribution in [0.2, 0.25) is 0 Å². The van der Waals surface area contributed by atoms with Gasteiger partial charge in [-0.3, -0.25) is 4.79 Å². The fourth-order valence-corrected chi connectivity index (χ4v) is 2.94. The van der Waals surface area contributed by atoms with Gasteiger partial charge in [-0.1, -0.05) is 42.0 Å². The second kappa shape index (κ2) is 8.41. The van der Waals surface area contributed by atoms with Crippen molar-refractivity contribution in [3.05, 3.63) is 95.1 Å². The Labute approximate surface area is 160 Å². The summed E-state index contributed by atoms with van der Waals surface area (Å²) in [6.45, 7) is 3.59. The minimum atomic E-state index is -0.409. The Morgan fingerprint density at radius 3 is 1.85 bits per heavy atom. The molecule has 138 valence electrons. The van der Waals surface area contributed by atoms with Crippen LogP contribution in [0.3, 0.4) is 0 Å². The van der Waals surface area contributed by atoms with Gasteiger partial charge >= 0.3 is 0 Å². The Hall–Kier alpha value is -3.27. The zero-order valence-electron chi connectivity index (χ0n) is 15.7. The molecule has 3 aromatic rings. The molecule has 2 N–H and O–H groups in total. The maximum Gasteiger partial charge on any atom is 0.248 e. The van der Waals surface area contributed by atoms with E-state index in [2.05, 4.69) is 48.2 Å². The molecular formula is C23H24N2O2. The Balaban J connectivity index is 1.85. The van der Waals surface area contributed by atoms with Crippen molar-refractivity contribution in [2.24, 2.45) is 5.73 Å². The molecule has 0 radical (unpaired) electrons. The summed E-state index contributed by atoms with van der Waals surface area (Å²) in [4.78, 5) is 13.6. The summed E-state index contributed by atoms with van der Waals surface area (Å²) < 4.78 is 5.27. The number of anilines is 1. The molecule has 27 heavy (non-hydrogen) atoms. The van der Waals surface area contributed by atoms with Crippen molar-refractivity contribution < 1.29 is 9.53 Å². The summed E-state index contributed by atoms with van der Waals surface area (Å²) in [5, 5.41) is 0. The highest BCUT2D eigenvalue weighted by molar-refractivity contribution is 5.92. The summed E-state index contributed by atoms with van der Waals surface area (Å²) in [7, 11) is 1.67. The molecule has 0 aliphatic heterocycles. The summed E-state index contributed by atoms with van der Waals surface area (Å²) >= 11 is 0. The van der Waals surface area contributed by atoms with Gasteiger partial charge in [-0.2, -0.15) is 0 Å². The quantitative estimate of drug-likeness (QED) is 0.683. The first-order valence-electron chi connectivity index (χ1n) is 8.88. The van der Waals surface area contributed by atoms with Crippen molar-refractivity contribution in [2.75, 3.05) is 12.0 Å². The van der Waals surface area contributed by atoms with E-state index in [1.807, 2.05) is 24.3 Å². The molecular weight excluding hydrogens is 336 g/mol. The number of carbonyl (C=O) groups excluding carboxylic acids is 1. The zero-order valence-corrected chi connectivity index (χ0v) is 15.7. The van der Waals surface area contributed by atoms with E-state index in [-0.39, 0.29) is 0 Å². The molecule has 0 saturated heterocycles. The van der Waals surface area contributed by atoms with Crippen LogP contribution in [-0.2, 0) is 13.1 Å². The van der Waals surface area contributed by atoms with Gasteiger partial charge in [0.15, 0.2) is 0 Å². The van der Waals surface area contributed by atoms with Crippen molar-refractivity contribution in [1.82, 2.24) is 0 Å². The standard InChI is InChI=1S/C23H24N2O2/c1-17-3-5-18(6-4-17)15-25(21-11-13-22(27-2)14-12-21)16-19-7-9-20(10-8-19)23(24)26/h3-14H,15-16H2,1-2H3,(H2,24,26). The lowest BCUT2D eigenvalue weighted by molar-refractivity contribution is 0.100. The molecule has 0 unspecified atom stereocenters. The van der Waals surface area contributed by atoms with Gasteiger partial charge in [0, 0.05) is 24.3 Å². The van der Waals surface area contributed by atoms with E-state index in [4.69, 9.17) is 10.5 Å². The Morgan fingerprint density at radius 2 is 1.37 bits per heavy atom. The summed E-state index contributed by atoms with van der Waals surface area (Å²) in [6.07, 6.45) is 0. The molecule has 4 nitrogen and oxygen atoms in total. The fraction of sp³-hybridized carbons (Fsp3) is 0.174. The highest BCUT2D eigenvalue weighted by Crippen LogP contribution is 2.23. The van der Waals surface area contributed by atoms with Gasteiger partial charge in [0.2, 0.25) is 5.91 Å². The van der Waals surface area contributed by atoms with Crippen LogP contribution in [0.15, 0.2) is 72.8 Å². The number of nitrogens with zero attached hydrogens (tertiary/aromatic N) is 1. The van der Waals surface area contributed by atoms with Crippen LogP contribution in [0.4, 0.5) is 5.69 Å². The summed E-state index contributed by atoms with van der Waals surface area (Å²) in [5.74, 6) is 0.424. The Bertz CT molecular complexity index is 885. The van der Waals surface area contributed by atoms with E-state index in [1.54, 1.807) is 19.2 Å². The molecule has 4 heteroatoms. The first-order valence-corrected chi connectivity index (χ1v) is 8.88. The predicted octanol–water partition coefficient (Wildman–Crippen LogP) is 4.31. The van der Waals surface area contributed by atoms with E-state index in [0.29, 0.717) is 5.56 Å². The number of rotatable bonds is 7. The number of methoxy groups -OCH3 is 1. The highest BCUT2D eigenvalue weighted by atomic mass is 16.5. The number of nitrogens with two attached hydrogens (primary N) is 1. The van der Waals surface area contributed by atoms with Crippen LogP contribution in [0, 0.1) is 6.92 Å². The first-order chi connectivity index (χ1) is 13.0. The third-order valence-electron chi connectivity index (χ3n) is 4.54. The molecule has 0 bridgehead atoms. The summed E-state index contributed by atoms with van der Waals surface area (Å²) in [5.41, 5.74) is 10.6. The largest absolute Gasteiger partial charge is 0.497 e. The molecule has 0 aliphatic rings. The van der Waals surface area contributed by atoms with E-state index in [1.165, 1.54) is 11.1 Å². The topological polar surface area (TPSA) is 55.6 Å². The van der Waals surface area contributed by atoms with E-state index < -0.39 is 5.91 Å². The Kier molecular flexibility index (Phi) is 5.77. The van der Waals surface area contributed by atoms with Crippen LogP contribution in [0.1, 0.15) is 27.0 Å². The maximum absolute atomic E-state index is 11.3. The zero-order chi connectivity index (χ0) is 19.2. The molecule has 3 rings (SSSR count). The summed E-state index contributed by atoms with van der Waals surface area (Å²) in [6, 6.07) is 24.1. The second-order valence-corrected chi connectivity index (χ2v) is 6.60. The number of aryl methyl sites for hydroxylation is 1. The van der Waals surface area contributed by atoms with E-state index >= 15 is 0 Å². The Morgan fingerprint density at radius 1 is 0.852 bits per heavy atom. The number of primary amides is 1. The van der Waals surface area contributed by atoms with Gasteiger partial charge < -0.3 is 15.4 Å². The van der Waals surface area contributed by atoms with Crippen molar-refractivity contribution in [2.45, 2.75) is 20.0 Å². The third-order valence-corrected chi connectivity index (χ3v) is 4.54. The average molecular weight is 360 g/mol. The van der Waals surface area contributed by atoms with Crippen LogP contribution >= 0.6 is 0 Å². The van der Waals surface area contributed by atoms with Crippen molar-refractivity contribution >= 4 is 11.6 Å². The molecule has 0 aliphatic carbocycles. The van der Waals surface area contributed by atoms with Gasteiger partial charge in [-0.15, -0.1) is 0 Å². The van der Waals surface area contributed by atoms with Gasteiger partial charge in [0.1, 0.15) is 5.75 Å². The normalized spacial score (nSPS) is 10.4. The minimum Gasteiger partial charge on any atom is -0.497 e. The predicted molar refractivity (Wildman–Crippen MR) is 109 cm³/mol. The number of carbonyl (C=O) groups is 1. The fourth-order valence-electron chi connectivity index (χ4n) is 2.94. The van der Waals surface area contributed by atoms with Gasteiger partial charge in [0.25, 0.3) is 0 Å². The van der Waals surface area contributed by atoms with E-state index in [9.17, 15) is 4.79 Å². The van der Waals surface area contributed by atoms with Crippen molar-refractivity contribution in [3.8, 4) is 5.75 Å². The van der Waals surface area contributed by atoms with Crippen LogP contribution in [-0.4, -0.2) is 13.0 Å². The molecule has 0 aromatic heterocycles. The first kappa shape index (κ1) is 18.5. The number of hydrogen-bond acceptors (Lipinski definition) is 3. The SMILES string of the molecule is COc1ccc(N(Cc2ccc(C)cc2)Cc2ccc(C(N)=O)cc2)cc1. The van der Waals surface area contributed by atoms with Gasteiger partial charge in [0.05, 0.1) is 7.11 Å². The van der Waals surface area contributed by atoms with Crippen molar-refractivity contribution in [1.29, 1.82) is 0 Å². The molecule has 0 atom stereocenters. The van der Waals surface area contributed by atoms with Crippen LogP contribution in [0.25, 0.3) is 0 Å². The number of benzene rings is 3. The number of amides is 1. The molecule has 0 spiro atoms. The lowest BCUT2D eigenvalue weighted by Gasteiger charge is -2.25. The van der Waals surface area contributed by atoms with Crippen molar-refractivity contribution in [3.63, 3.8) is 0 Å². The van der Waals surface area contributed by atoms with Crippen LogP contribution < -0.4 is 15.4 Å². The lowest BCUT2D eigenvalue weighted by atomic mass is 10.1.